The number of fused-ring (bicyclic) bond motifs is 1. The summed E-state index contributed by atoms with van der Waals surface area (Å²) in [5.74, 6) is 1.07. The molecule has 0 spiro atoms. The average molecular weight is 217 g/mol. The molecule has 0 aliphatic heterocycles. The van der Waals surface area contributed by atoms with Gasteiger partial charge < -0.3 is 10.3 Å². The summed E-state index contributed by atoms with van der Waals surface area (Å²) >= 11 is 0. The van der Waals surface area contributed by atoms with Crippen LogP contribution < -0.4 is 5.32 Å². The zero-order valence-corrected chi connectivity index (χ0v) is 10.0. The van der Waals surface area contributed by atoms with Crippen LogP contribution in [0.1, 0.15) is 24.7 Å². The molecule has 0 fully saturated rings. The van der Waals surface area contributed by atoms with Gasteiger partial charge in [-0.15, -0.1) is 0 Å². The van der Waals surface area contributed by atoms with Gasteiger partial charge in [-0.2, -0.15) is 0 Å². The molecular formula is C13H19N3. The van der Waals surface area contributed by atoms with E-state index >= 15 is 0 Å². The van der Waals surface area contributed by atoms with Gasteiger partial charge in [0.05, 0.1) is 11.0 Å². The molecule has 2 rings (SSSR count). The van der Waals surface area contributed by atoms with Crippen molar-refractivity contribution in [3.63, 3.8) is 0 Å². The van der Waals surface area contributed by atoms with Crippen molar-refractivity contribution < 1.29 is 0 Å². The Bertz CT molecular complexity index is 459. The Hall–Kier alpha value is -1.35. The second-order valence-electron chi connectivity index (χ2n) is 4.10. The van der Waals surface area contributed by atoms with Crippen LogP contribution >= 0.6 is 0 Å². The summed E-state index contributed by atoms with van der Waals surface area (Å²) in [6.45, 7) is 3.19. The third-order valence-corrected chi connectivity index (χ3v) is 2.82. The molecule has 0 saturated carbocycles. The van der Waals surface area contributed by atoms with Gasteiger partial charge in [-0.25, -0.2) is 4.98 Å². The fraction of sp³-hybridized carbons (Fsp3) is 0.462. The van der Waals surface area contributed by atoms with Crippen molar-refractivity contribution in [3.05, 3.63) is 29.6 Å². The van der Waals surface area contributed by atoms with Crippen molar-refractivity contribution in [2.24, 2.45) is 0 Å². The minimum absolute atomic E-state index is 0.962. The molecule has 0 aliphatic rings. The summed E-state index contributed by atoms with van der Waals surface area (Å²) in [6.07, 6.45) is 3.26. The fourth-order valence-electron chi connectivity index (χ4n) is 1.90. The summed E-state index contributed by atoms with van der Waals surface area (Å²) in [4.78, 5) is 7.85. The highest BCUT2D eigenvalue weighted by Crippen LogP contribution is 2.15. The maximum Gasteiger partial charge on any atom is 0.106 e. The van der Waals surface area contributed by atoms with Crippen molar-refractivity contribution in [3.8, 4) is 0 Å². The molecule has 0 saturated heterocycles. The van der Waals surface area contributed by atoms with Gasteiger partial charge in [-0.3, -0.25) is 0 Å². The Kier molecular flexibility index (Phi) is 3.57. The first-order valence-electron chi connectivity index (χ1n) is 5.95. The highest BCUT2D eigenvalue weighted by atomic mass is 14.9. The Labute approximate surface area is 96.3 Å². The monoisotopic (exact) mass is 217 g/mol. The Morgan fingerprint density at radius 3 is 3.00 bits per heavy atom. The Balaban J connectivity index is 2.15. The van der Waals surface area contributed by atoms with Gasteiger partial charge in [0.2, 0.25) is 0 Å². The molecule has 0 radical (unpaired) electrons. The van der Waals surface area contributed by atoms with Crippen LogP contribution in [-0.4, -0.2) is 23.6 Å². The number of aromatic amines is 1. The standard InChI is InChI=1S/C13H19N3/c1-3-13-15-11-7-6-10(5-4-8-14-2)9-12(11)16-13/h6-7,9,14H,3-5,8H2,1-2H3,(H,15,16). The van der Waals surface area contributed by atoms with E-state index in [1.807, 2.05) is 7.05 Å². The van der Waals surface area contributed by atoms with Crippen molar-refractivity contribution in [1.82, 2.24) is 15.3 Å². The van der Waals surface area contributed by atoms with Gasteiger partial charge in [-0.1, -0.05) is 13.0 Å². The molecule has 3 heteroatoms. The zero-order valence-electron chi connectivity index (χ0n) is 10.0. The topological polar surface area (TPSA) is 40.7 Å². The first kappa shape index (κ1) is 11.1. The lowest BCUT2D eigenvalue weighted by Crippen LogP contribution is -2.08. The number of nitrogens with one attached hydrogen (secondary N) is 2. The van der Waals surface area contributed by atoms with E-state index in [2.05, 4.69) is 40.4 Å². The highest BCUT2D eigenvalue weighted by molar-refractivity contribution is 5.75. The Morgan fingerprint density at radius 2 is 2.25 bits per heavy atom. The molecule has 0 bridgehead atoms. The van der Waals surface area contributed by atoms with E-state index in [-0.39, 0.29) is 0 Å². The first-order valence-corrected chi connectivity index (χ1v) is 5.95. The first-order chi connectivity index (χ1) is 7.83. The van der Waals surface area contributed by atoms with Crippen LogP contribution in [0.2, 0.25) is 0 Å². The van der Waals surface area contributed by atoms with Crippen LogP contribution in [0.3, 0.4) is 0 Å². The number of H-pyrrole nitrogens is 1. The van der Waals surface area contributed by atoms with Gasteiger partial charge in [0.25, 0.3) is 0 Å². The molecule has 0 unspecified atom stereocenters. The molecule has 1 aromatic carbocycles. The number of hydrogen-bond acceptors (Lipinski definition) is 2. The second kappa shape index (κ2) is 5.12. The highest BCUT2D eigenvalue weighted by Gasteiger charge is 2.01. The SMILES string of the molecule is CCc1nc2ccc(CCCNC)cc2[nH]1. The number of imidazole rings is 1. The van der Waals surface area contributed by atoms with Crippen molar-refractivity contribution in [1.29, 1.82) is 0 Å². The number of aryl methyl sites for hydroxylation is 2. The van der Waals surface area contributed by atoms with E-state index in [1.54, 1.807) is 0 Å². The van der Waals surface area contributed by atoms with Crippen LogP contribution in [0.4, 0.5) is 0 Å². The molecule has 2 N–H and O–H groups in total. The van der Waals surface area contributed by atoms with Crippen LogP contribution in [0, 0.1) is 0 Å². The van der Waals surface area contributed by atoms with Crippen LogP contribution in [-0.2, 0) is 12.8 Å². The smallest absolute Gasteiger partial charge is 0.106 e. The number of hydrogen-bond donors (Lipinski definition) is 2. The molecule has 0 aliphatic carbocycles. The van der Waals surface area contributed by atoms with E-state index in [0.717, 1.165) is 30.7 Å². The van der Waals surface area contributed by atoms with E-state index in [1.165, 1.54) is 17.5 Å². The van der Waals surface area contributed by atoms with Crippen LogP contribution in [0.25, 0.3) is 11.0 Å². The summed E-state index contributed by atoms with van der Waals surface area (Å²) in [6, 6.07) is 6.51. The van der Waals surface area contributed by atoms with E-state index < -0.39 is 0 Å². The number of benzene rings is 1. The normalized spacial score (nSPS) is 11.1. The predicted molar refractivity (Wildman–Crippen MR) is 67.7 cm³/mol. The summed E-state index contributed by atoms with van der Waals surface area (Å²) < 4.78 is 0. The largest absolute Gasteiger partial charge is 0.342 e. The lowest BCUT2D eigenvalue weighted by molar-refractivity contribution is 0.725. The lowest BCUT2D eigenvalue weighted by Gasteiger charge is -2.00. The molecular weight excluding hydrogens is 198 g/mol. The van der Waals surface area contributed by atoms with E-state index in [4.69, 9.17) is 0 Å². The minimum atomic E-state index is 0.962. The van der Waals surface area contributed by atoms with E-state index in [0.29, 0.717) is 0 Å². The predicted octanol–water partition coefficient (Wildman–Crippen LogP) is 2.28. The molecule has 0 atom stereocenters. The molecule has 16 heavy (non-hydrogen) atoms. The molecule has 2 aromatic rings. The van der Waals surface area contributed by atoms with Gasteiger partial charge in [-0.05, 0) is 44.1 Å². The van der Waals surface area contributed by atoms with E-state index in [9.17, 15) is 0 Å². The number of aromatic nitrogens is 2. The van der Waals surface area contributed by atoms with Gasteiger partial charge in [0.15, 0.2) is 0 Å². The average Bonchev–Trinajstić information content (AvgIpc) is 2.71. The quantitative estimate of drug-likeness (QED) is 0.754. The number of nitrogens with zero attached hydrogens (tertiary/aromatic N) is 1. The fourth-order valence-corrected chi connectivity index (χ4v) is 1.90. The molecule has 1 aromatic heterocycles. The lowest BCUT2D eigenvalue weighted by atomic mass is 10.1. The maximum atomic E-state index is 4.50. The molecule has 3 nitrogen and oxygen atoms in total. The molecule has 86 valence electrons. The summed E-state index contributed by atoms with van der Waals surface area (Å²) in [7, 11) is 1.99. The van der Waals surface area contributed by atoms with Crippen molar-refractivity contribution in [2.75, 3.05) is 13.6 Å². The third-order valence-electron chi connectivity index (χ3n) is 2.82. The zero-order chi connectivity index (χ0) is 11.4. The summed E-state index contributed by atoms with van der Waals surface area (Å²) in [5, 5.41) is 3.17. The number of rotatable bonds is 5. The van der Waals surface area contributed by atoms with Crippen LogP contribution in [0.5, 0.6) is 0 Å². The van der Waals surface area contributed by atoms with Gasteiger partial charge in [0, 0.05) is 6.42 Å². The van der Waals surface area contributed by atoms with Crippen LogP contribution in [0.15, 0.2) is 18.2 Å². The van der Waals surface area contributed by atoms with Crippen molar-refractivity contribution in [2.45, 2.75) is 26.2 Å². The molecule has 1 heterocycles. The van der Waals surface area contributed by atoms with Gasteiger partial charge in [0.1, 0.15) is 5.82 Å². The molecule has 0 amide bonds. The second-order valence-corrected chi connectivity index (χ2v) is 4.10. The summed E-state index contributed by atoms with van der Waals surface area (Å²) in [5.41, 5.74) is 3.63. The van der Waals surface area contributed by atoms with Gasteiger partial charge >= 0.3 is 0 Å². The minimum Gasteiger partial charge on any atom is -0.342 e. The van der Waals surface area contributed by atoms with Crippen molar-refractivity contribution >= 4 is 11.0 Å². The third kappa shape index (κ3) is 2.42. The Morgan fingerprint density at radius 1 is 1.38 bits per heavy atom. The maximum absolute atomic E-state index is 4.50.